The number of amides is 2. The third kappa shape index (κ3) is 4.46. The molecule has 1 atom stereocenters. The van der Waals surface area contributed by atoms with Crippen LogP contribution in [0.1, 0.15) is 32.3 Å². The molecule has 0 bridgehead atoms. The van der Waals surface area contributed by atoms with Crippen LogP contribution in [0.4, 0.5) is 0 Å². The molecule has 1 fully saturated rings. The van der Waals surface area contributed by atoms with Gasteiger partial charge >= 0.3 is 0 Å². The van der Waals surface area contributed by atoms with Crippen molar-refractivity contribution < 1.29 is 19.8 Å². The Morgan fingerprint density at radius 1 is 1.32 bits per heavy atom. The molecule has 6 heteroatoms. The van der Waals surface area contributed by atoms with Gasteiger partial charge in [0, 0.05) is 19.4 Å². The van der Waals surface area contributed by atoms with E-state index in [1.807, 2.05) is 0 Å². The predicted molar refractivity (Wildman–Crippen MR) is 81.2 cm³/mol. The molecule has 0 aromatic heterocycles. The van der Waals surface area contributed by atoms with Gasteiger partial charge in [0.1, 0.15) is 11.8 Å². The summed E-state index contributed by atoms with van der Waals surface area (Å²) in [5, 5.41) is 24.5. The van der Waals surface area contributed by atoms with Crippen molar-refractivity contribution in [3.63, 3.8) is 0 Å². The number of carbonyl (C=O) groups is 2. The van der Waals surface area contributed by atoms with Crippen LogP contribution >= 0.6 is 0 Å². The van der Waals surface area contributed by atoms with E-state index in [4.69, 9.17) is 0 Å². The summed E-state index contributed by atoms with van der Waals surface area (Å²) in [6, 6.07) is 5.78. The number of phenolic OH excluding ortho intramolecular Hbond substituents is 1. The maximum atomic E-state index is 12.3. The summed E-state index contributed by atoms with van der Waals surface area (Å²) in [5.41, 5.74) is 0.130. The van der Waals surface area contributed by atoms with E-state index in [-0.39, 0.29) is 23.6 Å². The van der Waals surface area contributed by atoms with Gasteiger partial charge in [-0.15, -0.1) is 0 Å². The topological polar surface area (TPSA) is 98.7 Å². The summed E-state index contributed by atoms with van der Waals surface area (Å²) in [4.78, 5) is 23.6. The minimum atomic E-state index is -0.710. The molecule has 0 spiro atoms. The highest BCUT2D eigenvalue weighted by Gasteiger charge is 2.39. The zero-order chi connectivity index (χ0) is 16.3. The van der Waals surface area contributed by atoms with E-state index in [0.29, 0.717) is 19.3 Å². The smallest absolute Gasteiger partial charge is 0.243 e. The van der Waals surface area contributed by atoms with Gasteiger partial charge in [-0.1, -0.05) is 12.1 Å². The summed E-state index contributed by atoms with van der Waals surface area (Å²) in [7, 11) is 0. The Bertz CT molecular complexity index is 546. The van der Waals surface area contributed by atoms with Crippen molar-refractivity contribution in [3.05, 3.63) is 29.8 Å². The van der Waals surface area contributed by atoms with Gasteiger partial charge < -0.3 is 20.8 Å². The lowest BCUT2D eigenvalue weighted by Gasteiger charge is -2.41. The van der Waals surface area contributed by atoms with Crippen molar-refractivity contribution in [2.45, 2.75) is 50.8 Å². The van der Waals surface area contributed by atoms with Gasteiger partial charge in [-0.25, -0.2) is 0 Å². The monoisotopic (exact) mass is 306 g/mol. The summed E-state index contributed by atoms with van der Waals surface area (Å²) < 4.78 is 0. The van der Waals surface area contributed by atoms with Gasteiger partial charge in [0.25, 0.3) is 0 Å². The first-order chi connectivity index (χ1) is 10.2. The Hall–Kier alpha value is -2.08. The predicted octanol–water partition coefficient (Wildman–Crippen LogP) is 0.469. The number of aromatic hydroxyl groups is 1. The van der Waals surface area contributed by atoms with Crippen LogP contribution in [-0.2, 0) is 16.0 Å². The van der Waals surface area contributed by atoms with E-state index in [2.05, 4.69) is 10.6 Å². The molecule has 6 nitrogen and oxygen atoms in total. The molecule has 0 unspecified atom stereocenters. The molecule has 0 radical (unpaired) electrons. The summed E-state index contributed by atoms with van der Waals surface area (Å²) in [6.45, 7) is 3.10. The molecular weight excluding hydrogens is 284 g/mol. The minimum absolute atomic E-state index is 0.0569. The van der Waals surface area contributed by atoms with E-state index in [1.54, 1.807) is 31.2 Å². The first-order valence-corrected chi connectivity index (χ1v) is 7.33. The molecule has 22 heavy (non-hydrogen) atoms. The maximum Gasteiger partial charge on any atom is 0.243 e. The van der Waals surface area contributed by atoms with Crippen molar-refractivity contribution >= 4 is 11.8 Å². The normalized spacial score (nSPS) is 25.0. The van der Waals surface area contributed by atoms with Crippen LogP contribution in [0, 0.1) is 0 Å². The minimum Gasteiger partial charge on any atom is -0.508 e. The van der Waals surface area contributed by atoms with Crippen LogP contribution in [0.25, 0.3) is 0 Å². The molecule has 1 aromatic carbocycles. The maximum absolute atomic E-state index is 12.3. The lowest BCUT2D eigenvalue weighted by atomic mass is 9.77. The van der Waals surface area contributed by atoms with Crippen LogP contribution in [0.5, 0.6) is 5.75 Å². The molecular formula is C16H22N2O4. The number of benzene rings is 1. The lowest BCUT2D eigenvalue weighted by molar-refractivity contribution is -0.130. The first kappa shape index (κ1) is 16.3. The molecule has 2 amide bonds. The average Bonchev–Trinajstić information content (AvgIpc) is 2.38. The molecule has 1 aromatic rings. The van der Waals surface area contributed by atoms with Crippen molar-refractivity contribution in [2.75, 3.05) is 0 Å². The average molecular weight is 306 g/mol. The second-order valence-electron chi connectivity index (χ2n) is 6.23. The Balaban J connectivity index is 1.97. The summed E-state index contributed by atoms with van der Waals surface area (Å²) in [5.74, 6) is -0.385. The van der Waals surface area contributed by atoms with E-state index < -0.39 is 11.6 Å². The second-order valence-corrected chi connectivity index (χ2v) is 6.23. The Morgan fingerprint density at radius 3 is 2.41 bits per heavy atom. The van der Waals surface area contributed by atoms with E-state index in [1.165, 1.54) is 6.92 Å². The van der Waals surface area contributed by atoms with Gasteiger partial charge in [0.2, 0.25) is 11.8 Å². The molecule has 1 aliphatic carbocycles. The fourth-order valence-corrected chi connectivity index (χ4v) is 2.73. The zero-order valence-corrected chi connectivity index (χ0v) is 12.8. The van der Waals surface area contributed by atoms with Crippen LogP contribution < -0.4 is 10.6 Å². The Labute approximate surface area is 129 Å². The Morgan fingerprint density at radius 2 is 1.91 bits per heavy atom. The number of carbonyl (C=O) groups excluding carboxylic acids is 2. The lowest BCUT2D eigenvalue weighted by Crippen LogP contribution is -2.57. The van der Waals surface area contributed by atoms with Crippen molar-refractivity contribution in [2.24, 2.45) is 0 Å². The zero-order valence-electron chi connectivity index (χ0n) is 12.8. The van der Waals surface area contributed by atoms with Crippen LogP contribution in [-0.4, -0.2) is 39.7 Å². The highest BCUT2D eigenvalue weighted by atomic mass is 16.3. The highest BCUT2D eigenvalue weighted by molar-refractivity contribution is 5.87. The van der Waals surface area contributed by atoms with Crippen LogP contribution in [0.3, 0.4) is 0 Å². The molecule has 120 valence electrons. The van der Waals surface area contributed by atoms with E-state index >= 15 is 0 Å². The van der Waals surface area contributed by atoms with Crippen LogP contribution in [0.15, 0.2) is 24.3 Å². The molecule has 0 saturated heterocycles. The molecule has 1 aliphatic rings. The van der Waals surface area contributed by atoms with Crippen LogP contribution in [0.2, 0.25) is 0 Å². The summed E-state index contributed by atoms with van der Waals surface area (Å²) in [6.07, 6.45) is 1.38. The fraction of sp³-hybridized carbons (Fsp3) is 0.500. The first-order valence-electron chi connectivity index (χ1n) is 7.33. The van der Waals surface area contributed by atoms with Crippen molar-refractivity contribution in [1.82, 2.24) is 10.6 Å². The Kier molecular flexibility index (Phi) is 4.71. The van der Waals surface area contributed by atoms with E-state index in [0.717, 1.165) is 5.56 Å². The third-order valence-electron chi connectivity index (χ3n) is 3.79. The number of nitrogens with one attached hydrogen (secondary N) is 2. The SMILES string of the molecule is CC(=O)N[C@@H](Cc1ccc(O)cc1)C(=O)NC1CC(C)(O)C1. The number of rotatable bonds is 5. The fourth-order valence-electron chi connectivity index (χ4n) is 2.73. The third-order valence-corrected chi connectivity index (χ3v) is 3.79. The van der Waals surface area contributed by atoms with Crippen molar-refractivity contribution in [3.8, 4) is 5.75 Å². The van der Waals surface area contributed by atoms with Gasteiger partial charge in [-0.3, -0.25) is 9.59 Å². The van der Waals surface area contributed by atoms with Gasteiger partial charge in [-0.05, 0) is 37.5 Å². The van der Waals surface area contributed by atoms with E-state index in [9.17, 15) is 19.8 Å². The van der Waals surface area contributed by atoms with Gasteiger partial charge in [0.05, 0.1) is 5.60 Å². The second kappa shape index (κ2) is 6.36. The highest BCUT2D eigenvalue weighted by Crippen LogP contribution is 2.31. The molecule has 4 N–H and O–H groups in total. The molecule has 2 rings (SSSR count). The summed E-state index contributed by atoms with van der Waals surface area (Å²) >= 11 is 0. The van der Waals surface area contributed by atoms with Gasteiger partial charge in [-0.2, -0.15) is 0 Å². The standard InChI is InChI=1S/C16H22N2O4/c1-10(19)17-14(7-11-3-5-13(20)6-4-11)15(21)18-12-8-16(2,22)9-12/h3-6,12,14,20,22H,7-9H2,1-2H3,(H,17,19)(H,18,21)/t12?,14-,16?/m0/s1. The molecule has 0 aliphatic heterocycles. The molecule has 1 saturated carbocycles. The van der Waals surface area contributed by atoms with Crippen molar-refractivity contribution in [1.29, 1.82) is 0 Å². The largest absolute Gasteiger partial charge is 0.508 e. The number of aliphatic hydroxyl groups is 1. The van der Waals surface area contributed by atoms with Gasteiger partial charge in [0.15, 0.2) is 0 Å². The molecule has 0 heterocycles. The quantitative estimate of drug-likeness (QED) is 0.635. The number of hydrogen-bond acceptors (Lipinski definition) is 4. The number of phenols is 1. The number of hydrogen-bond donors (Lipinski definition) is 4.